The Hall–Kier alpha value is -2.01. The molecule has 0 amide bonds. The van der Waals surface area contributed by atoms with E-state index in [2.05, 4.69) is 15.3 Å². The molecule has 0 aliphatic heterocycles. The van der Waals surface area contributed by atoms with Crippen LogP contribution in [-0.4, -0.2) is 21.7 Å². The van der Waals surface area contributed by atoms with Crippen LogP contribution in [0.2, 0.25) is 0 Å². The van der Waals surface area contributed by atoms with E-state index in [-0.39, 0.29) is 12.4 Å². The second-order valence-corrected chi connectivity index (χ2v) is 4.19. The van der Waals surface area contributed by atoms with Crippen molar-refractivity contribution >= 4 is 5.69 Å². The summed E-state index contributed by atoms with van der Waals surface area (Å²) in [5, 5.41) is 12.5. The van der Waals surface area contributed by atoms with E-state index in [0.29, 0.717) is 11.4 Å². The van der Waals surface area contributed by atoms with Gasteiger partial charge >= 0.3 is 0 Å². The normalized spacial score (nSPS) is 13.9. The Morgan fingerprint density at radius 3 is 2.72 bits per heavy atom. The average molecular weight is 247 g/mol. The number of aliphatic hydroxyl groups is 1. The summed E-state index contributed by atoms with van der Waals surface area (Å²) in [7, 11) is 0. The molecule has 1 aromatic carbocycles. The number of halogens is 1. The maximum Gasteiger partial charge on any atom is 0.146 e. The number of aromatic nitrogens is 2. The summed E-state index contributed by atoms with van der Waals surface area (Å²) in [6.45, 7) is 1.52. The highest BCUT2D eigenvalue weighted by molar-refractivity contribution is 5.47. The molecule has 1 aromatic heterocycles. The van der Waals surface area contributed by atoms with Crippen LogP contribution in [0.3, 0.4) is 0 Å². The summed E-state index contributed by atoms with van der Waals surface area (Å²) in [5.41, 5.74) is -0.00773. The molecule has 2 aromatic rings. The fourth-order valence-electron chi connectivity index (χ4n) is 1.63. The lowest BCUT2D eigenvalue weighted by atomic mass is 9.98. The van der Waals surface area contributed by atoms with Gasteiger partial charge in [-0.1, -0.05) is 12.1 Å². The van der Waals surface area contributed by atoms with Gasteiger partial charge in [0.1, 0.15) is 11.4 Å². The molecule has 4 nitrogen and oxygen atoms in total. The molecule has 1 heterocycles. The second kappa shape index (κ2) is 5.10. The van der Waals surface area contributed by atoms with Gasteiger partial charge in [-0.15, -0.1) is 0 Å². The fourth-order valence-corrected chi connectivity index (χ4v) is 1.63. The number of para-hydroxylation sites is 1. The van der Waals surface area contributed by atoms with Gasteiger partial charge in [0.25, 0.3) is 0 Å². The summed E-state index contributed by atoms with van der Waals surface area (Å²) < 4.78 is 13.6. The Balaban J connectivity index is 2.32. The first-order valence-corrected chi connectivity index (χ1v) is 5.56. The molecule has 18 heavy (non-hydrogen) atoms. The molecule has 2 rings (SSSR count). The van der Waals surface area contributed by atoms with E-state index in [4.69, 9.17) is 0 Å². The highest BCUT2D eigenvalue weighted by Crippen LogP contribution is 2.25. The van der Waals surface area contributed by atoms with Crippen LogP contribution in [0.15, 0.2) is 42.9 Å². The van der Waals surface area contributed by atoms with Gasteiger partial charge in [0, 0.05) is 12.4 Å². The molecule has 0 saturated carbocycles. The summed E-state index contributed by atoms with van der Waals surface area (Å²) in [6.07, 6.45) is 4.63. The molecule has 1 unspecified atom stereocenters. The van der Waals surface area contributed by atoms with Gasteiger partial charge < -0.3 is 10.4 Å². The van der Waals surface area contributed by atoms with E-state index in [0.717, 1.165) is 0 Å². The second-order valence-electron chi connectivity index (χ2n) is 4.19. The highest BCUT2D eigenvalue weighted by Gasteiger charge is 2.28. The Kier molecular flexibility index (Phi) is 3.53. The molecule has 0 radical (unpaired) electrons. The molecule has 94 valence electrons. The van der Waals surface area contributed by atoms with E-state index in [1.807, 2.05) is 0 Å². The number of hydrogen-bond acceptors (Lipinski definition) is 4. The van der Waals surface area contributed by atoms with Crippen LogP contribution in [0.5, 0.6) is 0 Å². The minimum Gasteiger partial charge on any atom is -0.394 e. The lowest BCUT2D eigenvalue weighted by Gasteiger charge is -2.29. The predicted molar refractivity (Wildman–Crippen MR) is 66.5 cm³/mol. The summed E-state index contributed by atoms with van der Waals surface area (Å²) in [5.74, 6) is -0.374. The zero-order valence-corrected chi connectivity index (χ0v) is 9.97. The van der Waals surface area contributed by atoms with Crippen molar-refractivity contribution in [1.29, 1.82) is 0 Å². The molecule has 2 N–H and O–H groups in total. The third-order valence-corrected chi connectivity index (χ3v) is 2.73. The van der Waals surface area contributed by atoms with E-state index < -0.39 is 5.54 Å². The van der Waals surface area contributed by atoms with Crippen LogP contribution in [0.25, 0.3) is 0 Å². The van der Waals surface area contributed by atoms with Crippen molar-refractivity contribution in [3.63, 3.8) is 0 Å². The average Bonchev–Trinajstić information content (AvgIpc) is 2.42. The van der Waals surface area contributed by atoms with Crippen LogP contribution in [-0.2, 0) is 5.54 Å². The molecule has 5 heteroatoms. The maximum absolute atomic E-state index is 13.6. The van der Waals surface area contributed by atoms with Gasteiger partial charge in [-0.3, -0.25) is 9.97 Å². The molecule has 0 spiro atoms. The number of rotatable bonds is 4. The molecule has 0 aliphatic rings. The van der Waals surface area contributed by atoms with Crippen molar-refractivity contribution in [3.8, 4) is 0 Å². The molecule has 0 fully saturated rings. The smallest absolute Gasteiger partial charge is 0.146 e. The van der Waals surface area contributed by atoms with Gasteiger partial charge in [0.15, 0.2) is 0 Å². The lowest BCUT2D eigenvalue weighted by molar-refractivity contribution is 0.220. The molecular weight excluding hydrogens is 233 g/mol. The van der Waals surface area contributed by atoms with Crippen molar-refractivity contribution in [2.75, 3.05) is 11.9 Å². The van der Waals surface area contributed by atoms with Crippen LogP contribution in [0, 0.1) is 5.82 Å². The van der Waals surface area contributed by atoms with Crippen molar-refractivity contribution < 1.29 is 9.50 Å². The standard InChI is InChI=1S/C13H14FN3O/c1-13(9-18,12-8-15-6-7-16-12)17-11-5-3-2-4-10(11)14/h2-8,17-18H,9H2,1H3. The van der Waals surface area contributed by atoms with E-state index >= 15 is 0 Å². The Morgan fingerprint density at radius 1 is 1.33 bits per heavy atom. The Morgan fingerprint density at radius 2 is 2.11 bits per heavy atom. The number of nitrogens with zero attached hydrogens (tertiary/aromatic N) is 2. The Labute approximate surface area is 105 Å². The van der Waals surface area contributed by atoms with E-state index in [1.54, 1.807) is 37.5 Å². The molecule has 1 atom stereocenters. The fraction of sp³-hybridized carbons (Fsp3) is 0.231. The van der Waals surface area contributed by atoms with Crippen molar-refractivity contribution in [2.45, 2.75) is 12.5 Å². The Bertz CT molecular complexity index is 521. The number of anilines is 1. The zero-order chi connectivity index (χ0) is 13.0. The van der Waals surface area contributed by atoms with Gasteiger partial charge in [-0.25, -0.2) is 4.39 Å². The van der Waals surface area contributed by atoms with Gasteiger partial charge in [-0.05, 0) is 19.1 Å². The van der Waals surface area contributed by atoms with Crippen molar-refractivity contribution in [1.82, 2.24) is 9.97 Å². The number of hydrogen-bond donors (Lipinski definition) is 2. The van der Waals surface area contributed by atoms with Crippen LogP contribution in [0.1, 0.15) is 12.6 Å². The van der Waals surface area contributed by atoms with E-state index in [9.17, 15) is 9.50 Å². The number of nitrogens with one attached hydrogen (secondary N) is 1. The minimum absolute atomic E-state index is 0.222. The lowest BCUT2D eigenvalue weighted by Crippen LogP contribution is -2.37. The van der Waals surface area contributed by atoms with E-state index in [1.165, 1.54) is 12.3 Å². The first-order chi connectivity index (χ1) is 8.65. The van der Waals surface area contributed by atoms with Gasteiger partial charge in [-0.2, -0.15) is 0 Å². The van der Waals surface area contributed by atoms with Crippen LogP contribution >= 0.6 is 0 Å². The zero-order valence-electron chi connectivity index (χ0n) is 9.97. The largest absolute Gasteiger partial charge is 0.394 e. The molecule has 0 saturated heterocycles. The number of benzene rings is 1. The monoisotopic (exact) mass is 247 g/mol. The number of aliphatic hydroxyl groups excluding tert-OH is 1. The summed E-state index contributed by atoms with van der Waals surface area (Å²) in [6, 6.07) is 6.30. The molecule has 0 aliphatic carbocycles. The molecule has 0 bridgehead atoms. The topological polar surface area (TPSA) is 58.0 Å². The predicted octanol–water partition coefficient (Wildman–Crippen LogP) is 1.94. The van der Waals surface area contributed by atoms with Gasteiger partial charge in [0.05, 0.1) is 24.2 Å². The van der Waals surface area contributed by atoms with Gasteiger partial charge in [0.2, 0.25) is 0 Å². The molecular formula is C13H14FN3O. The maximum atomic E-state index is 13.6. The summed E-state index contributed by atoms with van der Waals surface area (Å²) in [4.78, 5) is 8.10. The van der Waals surface area contributed by atoms with Crippen molar-refractivity contribution in [2.24, 2.45) is 0 Å². The van der Waals surface area contributed by atoms with Crippen LogP contribution in [0.4, 0.5) is 10.1 Å². The van der Waals surface area contributed by atoms with Crippen molar-refractivity contribution in [3.05, 3.63) is 54.4 Å². The van der Waals surface area contributed by atoms with Crippen LogP contribution < -0.4 is 5.32 Å². The highest BCUT2D eigenvalue weighted by atomic mass is 19.1. The third-order valence-electron chi connectivity index (χ3n) is 2.73. The third kappa shape index (κ3) is 2.46. The first kappa shape index (κ1) is 12.4. The summed E-state index contributed by atoms with van der Waals surface area (Å²) >= 11 is 0. The SMILES string of the molecule is CC(CO)(Nc1ccccc1F)c1cnccn1. The first-order valence-electron chi connectivity index (χ1n) is 5.56. The minimum atomic E-state index is -0.879. The quantitative estimate of drug-likeness (QED) is 0.866.